The highest BCUT2D eigenvalue weighted by Gasteiger charge is 2.21. The molecule has 0 aromatic heterocycles. The van der Waals surface area contributed by atoms with Crippen molar-refractivity contribution < 1.29 is 4.74 Å². The molecule has 0 saturated heterocycles. The van der Waals surface area contributed by atoms with Crippen LogP contribution < -0.4 is 15.8 Å². The summed E-state index contributed by atoms with van der Waals surface area (Å²) in [5.74, 6) is 3.42. The quantitative estimate of drug-likeness (QED) is 0.279. The minimum absolute atomic E-state index is 0. The van der Waals surface area contributed by atoms with E-state index in [-0.39, 0.29) is 30.0 Å². The Bertz CT molecular complexity index is 721. The molecule has 26 heavy (non-hydrogen) atoms. The van der Waals surface area contributed by atoms with Crippen molar-refractivity contribution in [2.45, 2.75) is 25.1 Å². The second kappa shape index (κ2) is 10.7. The first-order valence-electron chi connectivity index (χ1n) is 8.64. The Labute approximate surface area is 177 Å². The van der Waals surface area contributed by atoms with Crippen LogP contribution in [-0.2, 0) is 5.75 Å². The van der Waals surface area contributed by atoms with Crippen molar-refractivity contribution in [1.82, 2.24) is 5.32 Å². The van der Waals surface area contributed by atoms with Crippen molar-refractivity contribution in [3.63, 3.8) is 0 Å². The first-order valence-corrected chi connectivity index (χ1v) is 9.79. The van der Waals surface area contributed by atoms with E-state index in [4.69, 9.17) is 10.5 Å². The largest absolute Gasteiger partial charge is 0.493 e. The summed E-state index contributed by atoms with van der Waals surface area (Å²) in [7, 11) is 0. The van der Waals surface area contributed by atoms with Crippen molar-refractivity contribution in [2.24, 2.45) is 10.7 Å². The van der Waals surface area contributed by atoms with Gasteiger partial charge in [-0.05, 0) is 18.6 Å². The van der Waals surface area contributed by atoms with Crippen LogP contribution in [0.5, 0.6) is 5.75 Å². The van der Waals surface area contributed by atoms with Gasteiger partial charge in [0.2, 0.25) is 0 Å². The fourth-order valence-electron chi connectivity index (χ4n) is 2.82. The number of nitrogens with two attached hydrogens (primary N) is 1. The van der Waals surface area contributed by atoms with E-state index in [2.05, 4.69) is 47.6 Å². The summed E-state index contributed by atoms with van der Waals surface area (Å²) < 4.78 is 5.67. The third-order valence-corrected chi connectivity index (χ3v) is 5.20. The Morgan fingerprint density at radius 2 is 2.00 bits per heavy atom. The number of aliphatic imine (C=N–C) groups is 1. The van der Waals surface area contributed by atoms with Gasteiger partial charge in [0.15, 0.2) is 5.96 Å². The number of ether oxygens (including phenoxy) is 1. The first kappa shape index (κ1) is 20.9. The molecule has 0 spiro atoms. The summed E-state index contributed by atoms with van der Waals surface area (Å²) in [5, 5.41) is 3.33. The molecule has 0 saturated carbocycles. The van der Waals surface area contributed by atoms with Gasteiger partial charge in [-0.1, -0.05) is 48.0 Å². The van der Waals surface area contributed by atoms with Gasteiger partial charge in [0.1, 0.15) is 5.75 Å². The highest BCUT2D eigenvalue weighted by atomic mass is 127. The van der Waals surface area contributed by atoms with Crippen LogP contribution in [0, 0.1) is 6.92 Å². The molecule has 0 radical (unpaired) electrons. The molecule has 2 aromatic carbocycles. The summed E-state index contributed by atoms with van der Waals surface area (Å²) in [6.07, 6.45) is 0.898. The maximum atomic E-state index is 6.06. The average Bonchev–Trinajstić information content (AvgIpc) is 2.63. The van der Waals surface area contributed by atoms with Crippen LogP contribution in [0.4, 0.5) is 0 Å². The van der Waals surface area contributed by atoms with E-state index in [1.54, 1.807) is 0 Å². The minimum Gasteiger partial charge on any atom is -0.493 e. The van der Waals surface area contributed by atoms with Gasteiger partial charge in [0.05, 0.1) is 19.2 Å². The number of fused-ring (bicyclic) bond motifs is 1. The fraction of sp³-hybridized carbons (Fsp3) is 0.350. The van der Waals surface area contributed by atoms with E-state index < -0.39 is 0 Å². The van der Waals surface area contributed by atoms with Gasteiger partial charge in [-0.2, -0.15) is 11.8 Å². The second-order valence-electron chi connectivity index (χ2n) is 6.18. The number of rotatable bonds is 6. The lowest BCUT2D eigenvalue weighted by Crippen LogP contribution is -2.37. The summed E-state index contributed by atoms with van der Waals surface area (Å²) in [6, 6.07) is 16.9. The van der Waals surface area contributed by atoms with Gasteiger partial charge in [0, 0.05) is 23.5 Å². The molecule has 1 aliphatic rings. The van der Waals surface area contributed by atoms with Crippen LogP contribution in [-0.4, -0.2) is 24.9 Å². The number of thioether (sulfide) groups is 1. The molecule has 2 aromatic rings. The van der Waals surface area contributed by atoms with Gasteiger partial charge in [-0.25, -0.2) is 0 Å². The van der Waals surface area contributed by atoms with Gasteiger partial charge in [-0.3, -0.25) is 4.99 Å². The Hall–Kier alpha value is -1.41. The van der Waals surface area contributed by atoms with Crippen LogP contribution >= 0.6 is 35.7 Å². The molecule has 0 aliphatic carbocycles. The van der Waals surface area contributed by atoms with E-state index in [9.17, 15) is 0 Å². The van der Waals surface area contributed by atoms with Crippen LogP contribution in [0.1, 0.15) is 29.2 Å². The molecular formula is C20H26IN3OS. The highest BCUT2D eigenvalue weighted by molar-refractivity contribution is 14.0. The van der Waals surface area contributed by atoms with E-state index in [0.717, 1.165) is 35.8 Å². The predicted octanol–water partition coefficient (Wildman–Crippen LogP) is 4.27. The lowest BCUT2D eigenvalue weighted by Gasteiger charge is -2.26. The van der Waals surface area contributed by atoms with Gasteiger partial charge >= 0.3 is 0 Å². The summed E-state index contributed by atoms with van der Waals surface area (Å²) in [6.45, 7) is 3.53. The van der Waals surface area contributed by atoms with E-state index in [1.165, 1.54) is 11.1 Å². The molecule has 0 amide bonds. The number of aryl methyl sites for hydroxylation is 1. The van der Waals surface area contributed by atoms with E-state index in [1.807, 2.05) is 30.0 Å². The Morgan fingerprint density at radius 1 is 1.23 bits per heavy atom. The predicted molar refractivity (Wildman–Crippen MR) is 122 cm³/mol. The van der Waals surface area contributed by atoms with Gasteiger partial charge in [0.25, 0.3) is 0 Å². The number of hydrogen-bond donors (Lipinski definition) is 2. The standard InChI is InChI=1S/C20H25N3OS.HI/c1-15-6-8-16(9-7-15)14-25-13-11-22-20(21)23-18-10-12-24-19-5-3-2-4-17(18)19;/h2-9,18H,10-14H2,1H3,(H3,21,22,23);1H. The zero-order valence-electron chi connectivity index (χ0n) is 15.0. The number of hydrogen-bond acceptors (Lipinski definition) is 3. The topological polar surface area (TPSA) is 59.6 Å². The van der Waals surface area contributed by atoms with Crippen LogP contribution in [0.25, 0.3) is 0 Å². The molecular weight excluding hydrogens is 457 g/mol. The van der Waals surface area contributed by atoms with E-state index >= 15 is 0 Å². The minimum atomic E-state index is 0. The van der Waals surface area contributed by atoms with Crippen molar-refractivity contribution >= 4 is 41.7 Å². The number of halogens is 1. The summed E-state index contributed by atoms with van der Waals surface area (Å²) in [4.78, 5) is 4.46. The Kier molecular flexibility index (Phi) is 8.58. The zero-order valence-corrected chi connectivity index (χ0v) is 18.1. The normalized spacial score (nSPS) is 16.2. The lowest BCUT2D eigenvalue weighted by molar-refractivity contribution is 0.262. The molecule has 6 heteroatoms. The second-order valence-corrected chi connectivity index (χ2v) is 7.28. The average molecular weight is 483 g/mol. The number of guanidine groups is 1. The molecule has 3 rings (SSSR count). The van der Waals surface area contributed by atoms with Crippen LogP contribution in [0.3, 0.4) is 0 Å². The zero-order chi connectivity index (χ0) is 17.5. The lowest BCUT2D eigenvalue weighted by atomic mass is 10.0. The maximum Gasteiger partial charge on any atom is 0.189 e. The molecule has 1 atom stereocenters. The molecule has 1 unspecified atom stereocenters. The fourth-order valence-corrected chi connectivity index (χ4v) is 3.61. The van der Waals surface area contributed by atoms with E-state index in [0.29, 0.717) is 12.6 Å². The summed E-state index contributed by atoms with van der Waals surface area (Å²) >= 11 is 1.88. The van der Waals surface area contributed by atoms with Crippen molar-refractivity contribution in [2.75, 3.05) is 18.9 Å². The third-order valence-electron chi connectivity index (χ3n) is 4.19. The Balaban J connectivity index is 0.00000243. The number of benzene rings is 2. The highest BCUT2D eigenvalue weighted by Crippen LogP contribution is 2.31. The SMILES string of the molecule is Cc1ccc(CSCCN=C(N)NC2CCOc3ccccc32)cc1.I. The molecule has 1 heterocycles. The molecule has 4 nitrogen and oxygen atoms in total. The van der Waals surface area contributed by atoms with Crippen LogP contribution in [0.2, 0.25) is 0 Å². The smallest absolute Gasteiger partial charge is 0.189 e. The Morgan fingerprint density at radius 3 is 2.81 bits per heavy atom. The molecule has 1 aliphatic heterocycles. The molecule has 0 bridgehead atoms. The first-order chi connectivity index (χ1) is 12.2. The van der Waals surface area contributed by atoms with Crippen molar-refractivity contribution in [1.29, 1.82) is 0 Å². The van der Waals surface area contributed by atoms with Crippen molar-refractivity contribution in [3.8, 4) is 5.75 Å². The number of nitrogens with one attached hydrogen (secondary N) is 1. The maximum absolute atomic E-state index is 6.06. The molecule has 3 N–H and O–H groups in total. The third kappa shape index (κ3) is 6.09. The van der Waals surface area contributed by atoms with Gasteiger partial charge < -0.3 is 15.8 Å². The number of para-hydroxylation sites is 1. The summed E-state index contributed by atoms with van der Waals surface area (Å²) in [5.41, 5.74) is 9.86. The van der Waals surface area contributed by atoms with Gasteiger partial charge in [-0.15, -0.1) is 24.0 Å². The monoisotopic (exact) mass is 483 g/mol. The molecule has 140 valence electrons. The van der Waals surface area contributed by atoms with Crippen LogP contribution in [0.15, 0.2) is 53.5 Å². The number of nitrogens with zero attached hydrogens (tertiary/aromatic N) is 1. The van der Waals surface area contributed by atoms with Crippen molar-refractivity contribution in [3.05, 3.63) is 65.2 Å². The molecule has 0 fully saturated rings.